The molecule has 3 aromatic rings. The molecule has 1 unspecified atom stereocenters. The highest BCUT2D eigenvalue weighted by Gasteiger charge is 2.47. The molecule has 3 aliphatic heterocycles. The molecule has 4 heterocycles. The molecule has 7 N–H and O–H groups in total. The molecule has 3 fully saturated rings. The van der Waals surface area contributed by atoms with Gasteiger partial charge in [0.1, 0.15) is 17.8 Å². The van der Waals surface area contributed by atoms with Gasteiger partial charge < -0.3 is 55.9 Å². The van der Waals surface area contributed by atoms with Crippen LogP contribution in [0.1, 0.15) is 80.1 Å². The molecule has 1 aromatic heterocycles. The summed E-state index contributed by atoms with van der Waals surface area (Å²) in [6.07, 6.45) is 6.34. The molecule has 2 atom stereocenters. The summed E-state index contributed by atoms with van der Waals surface area (Å²) in [7, 11) is 0. The maximum Gasteiger partial charge on any atom is 0.317 e. The number of nitriles is 1. The number of hydrogen-bond donors (Lipinski definition) is 7. The van der Waals surface area contributed by atoms with Crippen molar-refractivity contribution in [3.05, 3.63) is 69.4 Å². The molecule has 27 nitrogen and oxygen atoms in total. The van der Waals surface area contributed by atoms with E-state index in [9.17, 15) is 72.5 Å². The lowest BCUT2D eigenvalue weighted by Crippen LogP contribution is -2.52. The first-order valence-electron chi connectivity index (χ1n) is 31.7. The Hall–Kier alpha value is -7.28. The summed E-state index contributed by atoms with van der Waals surface area (Å²) in [4.78, 5) is 131. The number of carbonyl (C=O) groups is 9. The van der Waals surface area contributed by atoms with Gasteiger partial charge in [-0.3, -0.25) is 72.6 Å². The third-order valence-electron chi connectivity index (χ3n) is 16.3. The van der Waals surface area contributed by atoms with E-state index in [0.29, 0.717) is 74.9 Å². The van der Waals surface area contributed by atoms with Gasteiger partial charge in [0, 0.05) is 133 Å². The molecular weight excluding hydrogens is 1330 g/mol. The van der Waals surface area contributed by atoms with E-state index in [-0.39, 0.29) is 129 Å². The zero-order valence-electron chi connectivity index (χ0n) is 52.6. The minimum absolute atomic E-state index is 0.0547. The fraction of sp³-hybridized carbons (Fsp3) is 0.603. The predicted molar refractivity (Wildman–Crippen MR) is 345 cm³/mol. The Labute approximate surface area is 553 Å². The Morgan fingerprint density at radius 3 is 1.90 bits per heavy atom. The van der Waals surface area contributed by atoms with Gasteiger partial charge in [-0.05, 0) is 116 Å². The number of halogens is 3. The molecule has 0 spiro atoms. The maximum absolute atomic E-state index is 13.9. The summed E-state index contributed by atoms with van der Waals surface area (Å²) >= 11 is 2.24. The number of rotatable bonds is 35. The smallest absolute Gasteiger partial charge is 0.317 e. The quantitative estimate of drug-likeness (QED) is 0.0326. The van der Waals surface area contributed by atoms with Crippen LogP contribution < -0.4 is 26.0 Å². The van der Waals surface area contributed by atoms with Crippen LogP contribution in [0.3, 0.4) is 0 Å². The number of piperazine rings is 1. The highest BCUT2D eigenvalue weighted by Crippen LogP contribution is 2.32. The van der Waals surface area contributed by atoms with Crippen molar-refractivity contribution < 1.29 is 76.7 Å². The summed E-state index contributed by atoms with van der Waals surface area (Å²) in [6, 6.07) is 14.2. The average molecular weight is 1420 g/mol. The van der Waals surface area contributed by atoms with Crippen molar-refractivity contribution in [2.45, 2.75) is 88.6 Å². The Morgan fingerprint density at radius 1 is 0.656 bits per heavy atom. The van der Waals surface area contributed by atoms with Crippen molar-refractivity contribution in [1.82, 2.24) is 60.6 Å². The molecule has 6 amide bonds. The number of benzene rings is 2. The second kappa shape index (κ2) is 39.4. The molecule has 3 aliphatic rings. The number of unbranched alkanes of at least 4 members (excludes halogenated alkanes) is 3. The topological polar surface area (TPSA) is 340 Å². The second-order valence-electron chi connectivity index (χ2n) is 23.5. The molecule has 0 saturated carbocycles. The van der Waals surface area contributed by atoms with Crippen molar-refractivity contribution in [2.24, 2.45) is 0 Å². The lowest BCUT2D eigenvalue weighted by molar-refractivity contribution is -0.140. The van der Waals surface area contributed by atoms with E-state index in [0.717, 1.165) is 52.9 Å². The van der Waals surface area contributed by atoms with Crippen molar-refractivity contribution in [1.29, 1.82) is 5.26 Å². The number of ether oxygens (including phenoxy) is 2. The highest BCUT2D eigenvalue weighted by molar-refractivity contribution is 14.1. The standard InChI is InChI=1S/C63H88F2IN13O14/c64-63(65)38-48(39-67)79(45-63)57(83)40-71-61(90)50-16-19-68-52-15-14-49(37-51(50)52)93-34-5-4-21-73-30-32-78(33-31-73)56(82)9-2-1-3-18-70-62(91)53(17-35-92-36-20-69-54(80)8-6-7-46-10-12-47(66)13-11-46)72-55(81)41-74-22-24-75(42-58(84)85)26-28-77(44-60(88)89)29-27-76(25-23-74)43-59(86)87/h10-16,19,37,48,53H,1-9,17-18,20-36,38,40-45H2,(H,69,80)(H,70,91)(H,71,90)(H,72,81)(H,84,85)(H,86,87)(H,88,89)/t48-,53?/m1/s1. The minimum Gasteiger partial charge on any atom is -0.494 e. The van der Waals surface area contributed by atoms with Crippen LogP contribution in [0.5, 0.6) is 5.75 Å². The van der Waals surface area contributed by atoms with Crippen molar-refractivity contribution in [2.75, 3.05) is 157 Å². The van der Waals surface area contributed by atoms with E-state index in [1.807, 2.05) is 29.2 Å². The van der Waals surface area contributed by atoms with Crippen LogP contribution in [0.4, 0.5) is 8.78 Å². The first kappa shape index (κ1) is 74.8. The number of carbonyl (C=O) groups excluding carboxylic acids is 6. The lowest BCUT2D eigenvalue weighted by Gasteiger charge is -2.34. The van der Waals surface area contributed by atoms with E-state index in [2.05, 4.69) is 53.7 Å². The molecule has 0 bridgehead atoms. The van der Waals surface area contributed by atoms with Gasteiger partial charge in [-0.15, -0.1) is 0 Å². The predicted octanol–water partition coefficient (Wildman–Crippen LogP) is 1.81. The van der Waals surface area contributed by atoms with Crippen LogP contribution in [0.15, 0.2) is 54.7 Å². The number of amides is 6. The molecule has 30 heteroatoms. The number of hydrogen-bond acceptors (Lipinski definition) is 18. The number of aromatic nitrogens is 1. The van der Waals surface area contributed by atoms with Gasteiger partial charge >= 0.3 is 17.9 Å². The maximum atomic E-state index is 13.9. The number of alkyl halides is 2. The Kier molecular flexibility index (Phi) is 31.7. The summed E-state index contributed by atoms with van der Waals surface area (Å²) in [5.74, 6) is -8.29. The van der Waals surface area contributed by atoms with Crippen molar-refractivity contribution in [3.8, 4) is 11.8 Å². The van der Waals surface area contributed by atoms with Gasteiger partial charge in [0.05, 0.1) is 69.6 Å². The SMILES string of the molecule is N#C[C@H]1CC(F)(F)CN1C(=O)CNC(=O)c1ccnc2ccc(OCCCCN3CCN(C(=O)CCCCCNC(=O)C(CCOCCNC(=O)CCCc4ccc(I)cc4)NC(=O)CN4CCN(CC(=O)O)CCN(CC(=O)O)CCN(CC(=O)O)CC4)CC3)cc12. The van der Waals surface area contributed by atoms with Crippen LogP contribution in [-0.4, -0.2) is 283 Å². The highest BCUT2D eigenvalue weighted by atomic mass is 127. The Morgan fingerprint density at radius 2 is 1.28 bits per heavy atom. The van der Waals surface area contributed by atoms with Crippen molar-refractivity contribution in [3.63, 3.8) is 0 Å². The van der Waals surface area contributed by atoms with E-state index in [1.54, 1.807) is 43.9 Å². The van der Waals surface area contributed by atoms with Gasteiger partial charge in [-0.1, -0.05) is 18.6 Å². The fourth-order valence-corrected chi connectivity index (χ4v) is 11.5. The number of aryl methyl sites for hydroxylation is 1. The van der Waals surface area contributed by atoms with Crippen LogP contribution in [0.2, 0.25) is 0 Å². The van der Waals surface area contributed by atoms with Crippen LogP contribution in [-0.2, 0) is 49.5 Å². The Balaban J connectivity index is 0.906. The summed E-state index contributed by atoms with van der Waals surface area (Å²) < 4.78 is 40.8. The molecule has 0 radical (unpaired) electrons. The molecule has 6 rings (SSSR count). The number of aliphatic carboxylic acids is 3. The summed E-state index contributed by atoms with van der Waals surface area (Å²) in [5, 5.41) is 49.7. The molecule has 510 valence electrons. The molecular formula is C63H88F2IN13O14. The number of likely N-dealkylation sites (tertiary alicyclic amines) is 1. The van der Waals surface area contributed by atoms with Gasteiger partial charge in [0.2, 0.25) is 29.5 Å². The van der Waals surface area contributed by atoms with E-state index >= 15 is 0 Å². The molecule has 93 heavy (non-hydrogen) atoms. The van der Waals surface area contributed by atoms with Crippen LogP contribution in [0, 0.1) is 14.9 Å². The monoisotopic (exact) mass is 1420 g/mol. The third-order valence-corrected chi connectivity index (χ3v) is 17.0. The summed E-state index contributed by atoms with van der Waals surface area (Å²) in [5.41, 5.74) is 1.88. The van der Waals surface area contributed by atoms with Crippen molar-refractivity contribution >= 4 is 86.8 Å². The summed E-state index contributed by atoms with van der Waals surface area (Å²) in [6.45, 7) is 3.66. The second-order valence-corrected chi connectivity index (χ2v) is 24.7. The molecule has 3 saturated heterocycles. The van der Waals surface area contributed by atoms with Gasteiger partial charge in [0.15, 0.2) is 0 Å². The first-order chi connectivity index (χ1) is 44.6. The van der Waals surface area contributed by atoms with Crippen LogP contribution >= 0.6 is 22.6 Å². The largest absolute Gasteiger partial charge is 0.494 e. The zero-order valence-corrected chi connectivity index (χ0v) is 54.7. The lowest BCUT2D eigenvalue weighted by atomic mass is 10.1. The van der Waals surface area contributed by atoms with E-state index in [1.165, 1.54) is 12.3 Å². The Bertz CT molecular complexity index is 2980. The third kappa shape index (κ3) is 27.7. The van der Waals surface area contributed by atoms with E-state index in [4.69, 9.17) is 9.47 Å². The number of carboxylic acids is 3. The normalized spacial score (nSPS) is 17.5. The number of nitrogens with zero attached hydrogens (tertiary/aromatic N) is 9. The van der Waals surface area contributed by atoms with Gasteiger partial charge in [0.25, 0.3) is 11.8 Å². The number of fused-ring (bicyclic) bond motifs is 1. The van der Waals surface area contributed by atoms with E-state index < -0.39 is 79.1 Å². The minimum atomic E-state index is -3.18. The number of pyridine rings is 1. The first-order valence-corrected chi connectivity index (χ1v) is 32.8. The van der Waals surface area contributed by atoms with Gasteiger partial charge in [-0.25, -0.2) is 8.78 Å². The average Bonchev–Trinajstić information content (AvgIpc) is 1.74. The zero-order chi connectivity index (χ0) is 67.1. The molecule has 0 aliphatic carbocycles. The van der Waals surface area contributed by atoms with Crippen LogP contribution in [0.25, 0.3) is 10.9 Å². The number of carboxylic acid groups (broad SMARTS) is 3. The fourth-order valence-electron chi connectivity index (χ4n) is 11.1. The molecule has 2 aromatic carbocycles. The van der Waals surface area contributed by atoms with Gasteiger partial charge in [-0.2, -0.15) is 5.26 Å². The number of nitrogens with one attached hydrogen (secondary N) is 4.